The van der Waals surface area contributed by atoms with Gasteiger partial charge in [-0.15, -0.1) is 5.10 Å². The minimum absolute atomic E-state index is 0.0369. The van der Waals surface area contributed by atoms with Gasteiger partial charge in [0.15, 0.2) is 0 Å². The topological polar surface area (TPSA) is 91.8 Å². The molecular weight excluding hydrogens is 220 g/mol. The van der Waals surface area contributed by atoms with Crippen LogP contribution in [0.3, 0.4) is 0 Å². The Hall–Kier alpha value is -2.68. The van der Waals surface area contributed by atoms with Crippen LogP contribution in [0.4, 0.5) is 6.01 Å². The van der Waals surface area contributed by atoms with Crippen molar-refractivity contribution in [3.8, 4) is 6.07 Å². The van der Waals surface area contributed by atoms with E-state index in [1.165, 1.54) is 6.07 Å². The second-order valence-electron chi connectivity index (χ2n) is 3.27. The Morgan fingerprint density at radius 2 is 2.29 bits per heavy atom. The number of carbonyl (C=O) groups is 1. The average Bonchev–Trinajstić information content (AvgIpc) is 2.75. The number of hydrogen-bond donors (Lipinski definition) is 1. The summed E-state index contributed by atoms with van der Waals surface area (Å²) >= 11 is 0. The maximum atomic E-state index is 11.7. The van der Waals surface area contributed by atoms with E-state index in [0.717, 1.165) is 0 Å². The first-order valence-electron chi connectivity index (χ1n) is 4.80. The molecule has 6 heteroatoms. The molecule has 0 bridgehead atoms. The summed E-state index contributed by atoms with van der Waals surface area (Å²) in [5.74, 6) is -0.0307. The van der Waals surface area contributed by atoms with E-state index in [9.17, 15) is 4.79 Å². The van der Waals surface area contributed by atoms with E-state index in [2.05, 4.69) is 15.5 Å². The first-order chi connectivity index (χ1) is 8.19. The summed E-state index contributed by atoms with van der Waals surface area (Å²) in [5.41, 5.74) is 0.777. The molecule has 1 aromatic carbocycles. The lowest BCUT2D eigenvalue weighted by atomic mass is 10.1. The fraction of sp³-hybridized carbons (Fsp3) is 0.0909. The van der Waals surface area contributed by atoms with E-state index < -0.39 is 5.91 Å². The maximum absolute atomic E-state index is 11.7. The molecule has 0 saturated carbocycles. The van der Waals surface area contributed by atoms with Gasteiger partial charge in [-0.25, -0.2) is 0 Å². The van der Waals surface area contributed by atoms with E-state index in [1.54, 1.807) is 25.1 Å². The zero-order chi connectivity index (χ0) is 12.3. The molecule has 6 nitrogen and oxygen atoms in total. The van der Waals surface area contributed by atoms with E-state index >= 15 is 0 Å². The summed E-state index contributed by atoms with van der Waals surface area (Å²) in [5, 5.41) is 18.4. The highest BCUT2D eigenvalue weighted by Crippen LogP contribution is 2.09. The molecule has 2 rings (SSSR count). The van der Waals surface area contributed by atoms with Crippen LogP contribution in [0.25, 0.3) is 0 Å². The molecule has 1 heterocycles. The number of carbonyl (C=O) groups excluding carboxylic acids is 1. The number of nitrogens with one attached hydrogen (secondary N) is 1. The summed E-state index contributed by atoms with van der Waals surface area (Å²) in [6, 6.07) is 8.33. The van der Waals surface area contributed by atoms with Crippen molar-refractivity contribution in [3.63, 3.8) is 0 Å². The first-order valence-corrected chi connectivity index (χ1v) is 4.80. The minimum Gasteiger partial charge on any atom is -0.408 e. The Balaban J connectivity index is 2.17. The fourth-order valence-corrected chi connectivity index (χ4v) is 1.25. The molecule has 0 aliphatic carbocycles. The van der Waals surface area contributed by atoms with Gasteiger partial charge in [0.1, 0.15) is 0 Å². The van der Waals surface area contributed by atoms with Crippen molar-refractivity contribution in [1.82, 2.24) is 10.2 Å². The summed E-state index contributed by atoms with van der Waals surface area (Å²) in [7, 11) is 0. The number of hydrogen-bond acceptors (Lipinski definition) is 5. The summed E-state index contributed by atoms with van der Waals surface area (Å²) in [6.07, 6.45) is 0. The third kappa shape index (κ3) is 2.46. The van der Waals surface area contributed by atoms with Gasteiger partial charge < -0.3 is 4.42 Å². The van der Waals surface area contributed by atoms with Gasteiger partial charge in [-0.05, 0) is 18.2 Å². The Labute approximate surface area is 96.9 Å². The Morgan fingerprint density at radius 3 is 2.94 bits per heavy atom. The number of anilines is 1. The average molecular weight is 228 g/mol. The maximum Gasteiger partial charge on any atom is 0.322 e. The van der Waals surface area contributed by atoms with Gasteiger partial charge in [-0.1, -0.05) is 11.2 Å². The SMILES string of the molecule is Cc1nnc(NC(=O)c2cccc(C#N)c2)o1. The van der Waals surface area contributed by atoms with Crippen molar-refractivity contribution in [2.45, 2.75) is 6.92 Å². The number of aryl methyl sites for hydroxylation is 1. The van der Waals surface area contributed by atoms with Gasteiger partial charge in [0.2, 0.25) is 5.89 Å². The third-order valence-corrected chi connectivity index (χ3v) is 2.00. The van der Waals surface area contributed by atoms with Crippen LogP contribution in [0.15, 0.2) is 28.7 Å². The molecule has 0 aliphatic rings. The van der Waals surface area contributed by atoms with Crippen molar-refractivity contribution < 1.29 is 9.21 Å². The molecule has 1 N–H and O–H groups in total. The first kappa shape index (κ1) is 10.8. The molecule has 2 aromatic rings. The molecule has 0 radical (unpaired) electrons. The van der Waals surface area contributed by atoms with E-state index in [0.29, 0.717) is 17.0 Å². The Kier molecular flexibility index (Phi) is 2.83. The highest BCUT2D eigenvalue weighted by atomic mass is 16.4. The number of benzene rings is 1. The largest absolute Gasteiger partial charge is 0.408 e. The van der Waals surface area contributed by atoms with Crippen molar-refractivity contribution >= 4 is 11.9 Å². The summed E-state index contributed by atoms with van der Waals surface area (Å²) in [4.78, 5) is 11.7. The number of nitrogens with zero attached hydrogens (tertiary/aromatic N) is 3. The van der Waals surface area contributed by atoms with Crippen molar-refractivity contribution in [2.24, 2.45) is 0 Å². The van der Waals surface area contributed by atoms with Crippen LogP contribution < -0.4 is 5.32 Å². The molecule has 84 valence electrons. The number of aromatic nitrogens is 2. The zero-order valence-electron chi connectivity index (χ0n) is 8.97. The normalized spacial score (nSPS) is 9.65. The second-order valence-corrected chi connectivity index (χ2v) is 3.27. The quantitative estimate of drug-likeness (QED) is 0.840. The van der Waals surface area contributed by atoms with Gasteiger partial charge >= 0.3 is 6.01 Å². The summed E-state index contributed by atoms with van der Waals surface area (Å²) in [6.45, 7) is 1.62. The standard InChI is InChI=1S/C11H8N4O2/c1-7-14-15-11(17-7)13-10(16)9-4-2-3-8(5-9)6-12/h2-5H,1H3,(H,13,15,16). The molecule has 0 unspecified atom stereocenters. The molecule has 1 amide bonds. The number of rotatable bonds is 2. The van der Waals surface area contributed by atoms with Crippen LogP contribution in [0.5, 0.6) is 0 Å². The Bertz CT molecular complexity index is 598. The minimum atomic E-state index is -0.397. The zero-order valence-corrected chi connectivity index (χ0v) is 8.97. The molecule has 17 heavy (non-hydrogen) atoms. The van der Waals surface area contributed by atoms with Crippen LogP contribution in [0, 0.1) is 18.3 Å². The number of nitriles is 1. The third-order valence-electron chi connectivity index (χ3n) is 2.00. The van der Waals surface area contributed by atoms with Crippen LogP contribution in [-0.2, 0) is 0 Å². The van der Waals surface area contributed by atoms with E-state index in [4.69, 9.17) is 9.68 Å². The molecule has 0 saturated heterocycles. The molecule has 0 spiro atoms. The van der Waals surface area contributed by atoms with Gasteiger partial charge in [0, 0.05) is 12.5 Å². The Morgan fingerprint density at radius 1 is 1.47 bits per heavy atom. The van der Waals surface area contributed by atoms with Crippen LogP contribution in [0.2, 0.25) is 0 Å². The lowest BCUT2D eigenvalue weighted by Gasteiger charge is -2.00. The van der Waals surface area contributed by atoms with Crippen molar-refractivity contribution in [2.75, 3.05) is 5.32 Å². The van der Waals surface area contributed by atoms with E-state index in [1.807, 2.05) is 6.07 Å². The fourth-order valence-electron chi connectivity index (χ4n) is 1.25. The van der Waals surface area contributed by atoms with E-state index in [-0.39, 0.29) is 6.01 Å². The van der Waals surface area contributed by atoms with Gasteiger partial charge in [0.05, 0.1) is 11.6 Å². The van der Waals surface area contributed by atoms with Crippen LogP contribution in [0.1, 0.15) is 21.8 Å². The highest BCUT2D eigenvalue weighted by molar-refractivity contribution is 6.03. The predicted molar refractivity (Wildman–Crippen MR) is 58.1 cm³/mol. The van der Waals surface area contributed by atoms with Crippen molar-refractivity contribution in [3.05, 3.63) is 41.3 Å². The number of amides is 1. The smallest absolute Gasteiger partial charge is 0.322 e. The predicted octanol–water partition coefficient (Wildman–Crippen LogP) is 1.50. The second kappa shape index (κ2) is 4.45. The molecule has 1 aromatic heterocycles. The summed E-state index contributed by atoms with van der Waals surface area (Å²) < 4.78 is 5.01. The molecule has 0 fully saturated rings. The molecule has 0 atom stereocenters. The van der Waals surface area contributed by atoms with Gasteiger partial charge in [-0.3, -0.25) is 10.1 Å². The highest BCUT2D eigenvalue weighted by Gasteiger charge is 2.10. The van der Waals surface area contributed by atoms with Crippen LogP contribution >= 0.6 is 0 Å². The monoisotopic (exact) mass is 228 g/mol. The lowest BCUT2D eigenvalue weighted by molar-refractivity contribution is 0.102. The lowest BCUT2D eigenvalue weighted by Crippen LogP contribution is -2.12. The van der Waals surface area contributed by atoms with Gasteiger partial charge in [0.25, 0.3) is 5.91 Å². The van der Waals surface area contributed by atoms with Crippen LogP contribution in [-0.4, -0.2) is 16.1 Å². The molecule has 0 aliphatic heterocycles. The van der Waals surface area contributed by atoms with Gasteiger partial charge in [-0.2, -0.15) is 5.26 Å². The molecular formula is C11H8N4O2. The van der Waals surface area contributed by atoms with Crippen molar-refractivity contribution in [1.29, 1.82) is 5.26 Å².